The molecule has 0 aromatic carbocycles. The average Bonchev–Trinajstić information content (AvgIpc) is 3.25. The Labute approximate surface area is 378 Å². The van der Waals surface area contributed by atoms with Gasteiger partial charge in [-0.2, -0.15) is 0 Å². The van der Waals surface area contributed by atoms with Crippen molar-refractivity contribution in [3.05, 3.63) is 60.8 Å². The molecule has 3 atom stereocenters. The van der Waals surface area contributed by atoms with Gasteiger partial charge in [0.05, 0.1) is 25.2 Å². The number of aliphatic hydroxyl groups is 2. The predicted molar refractivity (Wildman–Crippen MR) is 264 cm³/mol. The zero-order valence-corrected chi connectivity index (χ0v) is 40.3. The van der Waals surface area contributed by atoms with Crippen molar-refractivity contribution in [2.24, 2.45) is 0 Å². The molecule has 0 aliphatic rings. The molecule has 3 N–H and O–H groups in total. The number of allylic oxidation sites excluding steroid dienone is 10. The summed E-state index contributed by atoms with van der Waals surface area (Å²) < 4.78 is 5.90. The molecule has 6 nitrogen and oxygen atoms in total. The summed E-state index contributed by atoms with van der Waals surface area (Å²) in [6, 6.07) is -0.719. The summed E-state index contributed by atoms with van der Waals surface area (Å²) in [4.78, 5) is 26.1. The smallest absolute Gasteiger partial charge is 0.306 e. The Kier molecular flexibility index (Phi) is 46.6. The first-order chi connectivity index (χ1) is 30.0. The fourth-order valence-corrected chi connectivity index (χ4v) is 7.70. The van der Waals surface area contributed by atoms with E-state index in [1.165, 1.54) is 122 Å². The predicted octanol–water partition coefficient (Wildman–Crippen LogP) is 15.6. The van der Waals surface area contributed by atoms with Gasteiger partial charge in [-0.05, 0) is 64.2 Å². The Morgan fingerprint density at radius 3 is 1.31 bits per heavy atom. The number of hydrogen-bond donors (Lipinski definition) is 3. The van der Waals surface area contributed by atoms with Crippen LogP contribution in [0.25, 0.3) is 0 Å². The van der Waals surface area contributed by atoms with Gasteiger partial charge in [0, 0.05) is 6.42 Å². The first-order valence-corrected chi connectivity index (χ1v) is 26.0. The van der Waals surface area contributed by atoms with Crippen molar-refractivity contribution in [3.8, 4) is 0 Å². The molecular formula is C55H99NO5. The maximum Gasteiger partial charge on any atom is 0.306 e. The molecule has 0 aliphatic carbocycles. The molecule has 0 aromatic rings. The molecule has 0 spiro atoms. The lowest BCUT2D eigenvalue weighted by atomic mass is 10.0. The van der Waals surface area contributed by atoms with Crippen LogP contribution < -0.4 is 5.32 Å². The first-order valence-electron chi connectivity index (χ1n) is 26.0. The number of carbonyl (C=O) groups excluding carboxylic acids is 2. The number of esters is 1. The molecule has 0 bridgehead atoms. The third kappa shape index (κ3) is 44.0. The maximum absolute atomic E-state index is 13.2. The Hall–Kier alpha value is -2.44. The Morgan fingerprint density at radius 2 is 0.885 bits per heavy atom. The van der Waals surface area contributed by atoms with Crippen LogP contribution in [0.5, 0.6) is 0 Å². The van der Waals surface area contributed by atoms with Gasteiger partial charge in [0.25, 0.3) is 0 Å². The summed E-state index contributed by atoms with van der Waals surface area (Å²) in [7, 11) is 0. The lowest BCUT2D eigenvalue weighted by Gasteiger charge is -2.24. The summed E-state index contributed by atoms with van der Waals surface area (Å²) in [5.74, 6) is -0.526. The van der Waals surface area contributed by atoms with Crippen molar-refractivity contribution in [2.45, 2.75) is 270 Å². The summed E-state index contributed by atoms with van der Waals surface area (Å²) >= 11 is 0. The molecule has 0 aliphatic heterocycles. The molecule has 61 heavy (non-hydrogen) atoms. The summed E-state index contributed by atoms with van der Waals surface area (Å²) in [6.07, 6.45) is 60.0. The SMILES string of the molecule is CC/C=C\C/C=C\C/C=C\C/C=C\C/C=C\CCCC(CC(=O)NC(CO)C(O)CCCCCCCCCCCCCCCC)OC(=O)CCCCCCCCCCCCC. The fourth-order valence-electron chi connectivity index (χ4n) is 7.70. The fraction of sp³-hybridized carbons (Fsp3) is 0.782. The van der Waals surface area contributed by atoms with Gasteiger partial charge in [0.1, 0.15) is 6.10 Å². The molecule has 354 valence electrons. The summed E-state index contributed by atoms with van der Waals surface area (Å²) in [6.45, 7) is 6.35. The molecule has 0 saturated carbocycles. The van der Waals surface area contributed by atoms with E-state index >= 15 is 0 Å². The van der Waals surface area contributed by atoms with Gasteiger partial charge < -0.3 is 20.3 Å². The lowest BCUT2D eigenvalue weighted by Crippen LogP contribution is -2.46. The third-order valence-corrected chi connectivity index (χ3v) is 11.6. The number of ether oxygens (including phenoxy) is 1. The Morgan fingerprint density at radius 1 is 0.492 bits per heavy atom. The standard InChI is InChI=1S/C55H99NO5/c1-4-7-10-13-16-19-22-24-26-27-28-29-32-34-37-40-43-46-51(61-55(60)48-45-42-39-36-31-21-18-15-12-9-6-3)49-54(59)56-52(50-57)53(58)47-44-41-38-35-33-30-25-23-20-17-14-11-8-5-2/h7,10,16,19,24,26,28-29,34,37,51-53,57-58H,4-6,8-9,11-15,17-18,20-23,25,27,30-33,35-36,38-50H2,1-3H3,(H,56,59)/b10-7-,19-16-,26-24-,29-28-,37-34-. The van der Waals surface area contributed by atoms with Crippen LogP contribution in [0.4, 0.5) is 0 Å². The second kappa shape index (κ2) is 48.6. The van der Waals surface area contributed by atoms with E-state index in [1.54, 1.807) is 0 Å². The minimum absolute atomic E-state index is 0.0394. The monoisotopic (exact) mass is 854 g/mol. The lowest BCUT2D eigenvalue weighted by molar-refractivity contribution is -0.151. The van der Waals surface area contributed by atoms with Gasteiger partial charge in [-0.15, -0.1) is 0 Å². The van der Waals surface area contributed by atoms with E-state index in [9.17, 15) is 19.8 Å². The Balaban J connectivity index is 4.67. The first kappa shape index (κ1) is 58.6. The van der Waals surface area contributed by atoms with Crippen LogP contribution in [0.3, 0.4) is 0 Å². The van der Waals surface area contributed by atoms with Crippen molar-refractivity contribution in [2.75, 3.05) is 6.61 Å². The van der Waals surface area contributed by atoms with E-state index in [-0.39, 0.29) is 24.9 Å². The van der Waals surface area contributed by atoms with E-state index in [0.717, 1.165) is 83.5 Å². The van der Waals surface area contributed by atoms with E-state index in [1.807, 2.05) is 0 Å². The quantitative estimate of drug-likeness (QED) is 0.0322. The van der Waals surface area contributed by atoms with Gasteiger partial charge in [0.2, 0.25) is 5.91 Å². The highest BCUT2D eigenvalue weighted by molar-refractivity contribution is 5.77. The van der Waals surface area contributed by atoms with Crippen LogP contribution in [0.1, 0.15) is 252 Å². The zero-order valence-electron chi connectivity index (χ0n) is 40.3. The number of unbranched alkanes of at least 4 members (excludes halogenated alkanes) is 24. The van der Waals surface area contributed by atoms with Gasteiger partial charge in [0.15, 0.2) is 0 Å². The van der Waals surface area contributed by atoms with Crippen molar-refractivity contribution < 1.29 is 24.5 Å². The second-order valence-electron chi connectivity index (χ2n) is 17.5. The van der Waals surface area contributed by atoms with Gasteiger partial charge in [-0.3, -0.25) is 9.59 Å². The van der Waals surface area contributed by atoms with Gasteiger partial charge in [-0.25, -0.2) is 0 Å². The van der Waals surface area contributed by atoms with Crippen LogP contribution in [0, 0.1) is 0 Å². The normalized spacial score (nSPS) is 13.7. The molecule has 0 radical (unpaired) electrons. The topological polar surface area (TPSA) is 95.9 Å². The molecule has 3 unspecified atom stereocenters. The number of hydrogen-bond acceptors (Lipinski definition) is 5. The molecule has 0 aromatic heterocycles. The maximum atomic E-state index is 13.2. The largest absolute Gasteiger partial charge is 0.462 e. The van der Waals surface area contributed by atoms with E-state index in [4.69, 9.17) is 4.74 Å². The zero-order chi connectivity index (χ0) is 44.5. The third-order valence-electron chi connectivity index (χ3n) is 11.6. The number of amides is 1. The van der Waals surface area contributed by atoms with E-state index in [0.29, 0.717) is 19.3 Å². The van der Waals surface area contributed by atoms with Crippen molar-refractivity contribution in [3.63, 3.8) is 0 Å². The minimum Gasteiger partial charge on any atom is -0.462 e. The molecule has 0 fully saturated rings. The van der Waals surface area contributed by atoms with Crippen LogP contribution in [-0.2, 0) is 14.3 Å². The Bertz CT molecular complexity index is 1090. The molecule has 0 heterocycles. The molecule has 6 heteroatoms. The average molecular weight is 854 g/mol. The van der Waals surface area contributed by atoms with Crippen LogP contribution in [0.2, 0.25) is 0 Å². The van der Waals surface area contributed by atoms with Crippen molar-refractivity contribution >= 4 is 11.9 Å². The van der Waals surface area contributed by atoms with E-state index in [2.05, 4.69) is 86.8 Å². The molecular weight excluding hydrogens is 755 g/mol. The number of carbonyl (C=O) groups is 2. The van der Waals surface area contributed by atoms with Crippen LogP contribution >= 0.6 is 0 Å². The number of rotatable bonds is 46. The number of nitrogens with one attached hydrogen (secondary N) is 1. The second-order valence-corrected chi connectivity index (χ2v) is 17.5. The molecule has 0 saturated heterocycles. The highest BCUT2D eigenvalue weighted by atomic mass is 16.5. The van der Waals surface area contributed by atoms with Gasteiger partial charge >= 0.3 is 5.97 Å². The highest BCUT2D eigenvalue weighted by Crippen LogP contribution is 2.17. The molecule has 1 amide bonds. The van der Waals surface area contributed by atoms with Gasteiger partial charge in [-0.1, -0.05) is 236 Å². The van der Waals surface area contributed by atoms with Crippen molar-refractivity contribution in [1.82, 2.24) is 5.32 Å². The minimum atomic E-state index is -0.802. The molecule has 0 rings (SSSR count). The summed E-state index contributed by atoms with van der Waals surface area (Å²) in [5, 5.41) is 23.8. The summed E-state index contributed by atoms with van der Waals surface area (Å²) in [5.41, 5.74) is 0. The highest BCUT2D eigenvalue weighted by Gasteiger charge is 2.24. The van der Waals surface area contributed by atoms with Crippen LogP contribution in [-0.4, -0.2) is 46.9 Å². The van der Waals surface area contributed by atoms with Crippen molar-refractivity contribution in [1.29, 1.82) is 0 Å². The number of aliphatic hydroxyl groups excluding tert-OH is 2. The van der Waals surface area contributed by atoms with E-state index < -0.39 is 18.2 Å². The van der Waals surface area contributed by atoms with Crippen LogP contribution in [0.15, 0.2) is 60.8 Å².